The predicted octanol–water partition coefficient (Wildman–Crippen LogP) is 4.36. The normalized spacial score (nSPS) is 10.3. The van der Waals surface area contributed by atoms with Gasteiger partial charge in [0.15, 0.2) is 0 Å². The van der Waals surface area contributed by atoms with E-state index in [1.165, 1.54) is 0 Å². The highest BCUT2D eigenvalue weighted by atomic mass is 35.5. The van der Waals surface area contributed by atoms with Gasteiger partial charge in [0, 0.05) is 5.56 Å². The second kappa shape index (κ2) is 5.45. The van der Waals surface area contributed by atoms with Crippen molar-refractivity contribution >= 4 is 16.8 Å². The lowest BCUT2D eigenvalue weighted by Crippen LogP contribution is -1.97. The molecule has 2 aromatic rings. The molecular weight excluding hydrogens is 260 g/mol. The molecule has 0 bridgehead atoms. The van der Waals surface area contributed by atoms with Crippen LogP contribution in [0.3, 0.4) is 0 Å². The van der Waals surface area contributed by atoms with E-state index < -0.39 is 5.24 Å². The average Bonchev–Trinajstić information content (AvgIpc) is 2.38. The molecule has 0 spiro atoms. The summed E-state index contributed by atoms with van der Waals surface area (Å²) in [6.45, 7) is 4.00. The van der Waals surface area contributed by atoms with Gasteiger partial charge in [-0.1, -0.05) is 18.2 Å². The molecule has 0 saturated carbocycles. The summed E-state index contributed by atoms with van der Waals surface area (Å²) in [4.78, 5) is 11.5. The fraction of sp³-hybridized carbons (Fsp3) is 0.188. The van der Waals surface area contributed by atoms with Gasteiger partial charge in [0.2, 0.25) is 0 Å². The van der Waals surface area contributed by atoms with Crippen molar-refractivity contribution in [3.05, 3.63) is 53.1 Å². The first kappa shape index (κ1) is 13.6. The largest absolute Gasteiger partial charge is 0.497 e. The van der Waals surface area contributed by atoms with Crippen molar-refractivity contribution in [3.8, 4) is 16.9 Å². The molecule has 0 aromatic heterocycles. The van der Waals surface area contributed by atoms with Gasteiger partial charge < -0.3 is 4.74 Å². The fourth-order valence-electron chi connectivity index (χ4n) is 2.34. The maximum absolute atomic E-state index is 11.5. The molecule has 0 aliphatic rings. The van der Waals surface area contributed by atoms with Gasteiger partial charge in [-0.2, -0.15) is 0 Å². The van der Waals surface area contributed by atoms with Gasteiger partial charge in [0.25, 0.3) is 5.24 Å². The lowest BCUT2D eigenvalue weighted by atomic mass is 9.92. The minimum absolute atomic E-state index is 0.440. The summed E-state index contributed by atoms with van der Waals surface area (Å²) in [5.41, 5.74) is 4.54. The second-order valence-electron chi connectivity index (χ2n) is 4.46. The van der Waals surface area contributed by atoms with Crippen LogP contribution in [0.15, 0.2) is 36.4 Å². The van der Waals surface area contributed by atoms with Crippen molar-refractivity contribution in [1.29, 1.82) is 0 Å². The molecule has 0 heterocycles. The Labute approximate surface area is 118 Å². The smallest absolute Gasteiger partial charge is 0.253 e. The van der Waals surface area contributed by atoms with Gasteiger partial charge in [-0.3, -0.25) is 4.79 Å². The number of hydrogen-bond donors (Lipinski definition) is 0. The lowest BCUT2D eigenvalue weighted by Gasteiger charge is -2.14. The van der Waals surface area contributed by atoms with E-state index in [4.69, 9.17) is 16.3 Å². The molecule has 0 saturated heterocycles. The van der Waals surface area contributed by atoms with E-state index in [-0.39, 0.29) is 0 Å². The Kier molecular flexibility index (Phi) is 3.91. The van der Waals surface area contributed by atoms with Crippen molar-refractivity contribution < 1.29 is 9.53 Å². The zero-order valence-corrected chi connectivity index (χ0v) is 11.9. The van der Waals surface area contributed by atoms with Gasteiger partial charge in [-0.25, -0.2) is 0 Å². The molecular formula is C16H15ClO2. The molecule has 0 amide bonds. The highest BCUT2D eigenvalue weighted by Gasteiger charge is 2.14. The van der Waals surface area contributed by atoms with Crippen molar-refractivity contribution in [2.45, 2.75) is 13.8 Å². The third-order valence-corrected chi connectivity index (χ3v) is 3.35. The summed E-state index contributed by atoms with van der Waals surface area (Å²) < 4.78 is 5.25. The van der Waals surface area contributed by atoms with Gasteiger partial charge in [0.05, 0.1) is 7.11 Å². The van der Waals surface area contributed by atoms with Crippen LogP contribution in [0.25, 0.3) is 11.1 Å². The molecule has 98 valence electrons. The molecule has 19 heavy (non-hydrogen) atoms. The quantitative estimate of drug-likeness (QED) is 0.778. The molecule has 0 atom stereocenters. The molecule has 3 heteroatoms. The third kappa shape index (κ3) is 2.64. The predicted molar refractivity (Wildman–Crippen MR) is 78.1 cm³/mol. The number of rotatable bonds is 3. The Morgan fingerprint density at radius 2 is 1.68 bits per heavy atom. The van der Waals surface area contributed by atoms with Crippen molar-refractivity contribution in [3.63, 3.8) is 0 Å². The summed E-state index contributed by atoms with van der Waals surface area (Å²) in [6, 6.07) is 11.3. The van der Waals surface area contributed by atoms with Crippen LogP contribution in [0.4, 0.5) is 0 Å². The number of halogens is 1. The van der Waals surface area contributed by atoms with Crippen molar-refractivity contribution in [2.75, 3.05) is 7.11 Å². The average molecular weight is 275 g/mol. The van der Waals surface area contributed by atoms with E-state index in [0.717, 1.165) is 28.0 Å². The zero-order valence-electron chi connectivity index (χ0n) is 11.2. The summed E-state index contributed by atoms with van der Waals surface area (Å²) in [7, 11) is 1.64. The molecule has 0 radical (unpaired) electrons. The van der Waals surface area contributed by atoms with Crippen LogP contribution < -0.4 is 4.74 Å². The van der Waals surface area contributed by atoms with Crippen LogP contribution in [-0.2, 0) is 0 Å². The summed E-state index contributed by atoms with van der Waals surface area (Å²) in [5.74, 6) is 0.813. The number of methoxy groups -OCH3 is 1. The second-order valence-corrected chi connectivity index (χ2v) is 4.80. The zero-order chi connectivity index (χ0) is 14.0. The number of aryl methyl sites for hydroxylation is 2. The van der Waals surface area contributed by atoms with Crippen LogP contribution in [0.5, 0.6) is 5.75 Å². The van der Waals surface area contributed by atoms with E-state index >= 15 is 0 Å². The van der Waals surface area contributed by atoms with E-state index in [2.05, 4.69) is 0 Å². The monoisotopic (exact) mass is 274 g/mol. The topological polar surface area (TPSA) is 26.3 Å². The highest BCUT2D eigenvalue weighted by Crippen LogP contribution is 2.33. The number of carbonyl (C=O) groups is 1. The van der Waals surface area contributed by atoms with Crippen molar-refractivity contribution in [1.82, 2.24) is 0 Å². The first-order valence-electron chi connectivity index (χ1n) is 5.99. The van der Waals surface area contributed by atoms with E-state index in [0.29, 0.717) is 5.56 Å². The molecule has 2 aromatic carbocycles. The summed E-state index contributed by atoms with van der Waals surface area (Å²) >= 11 is 5.66. The maximum atomic E-state index is 11.5. The molecule has 0 aliphatic carbocycles. The third-order valence-electron chi connectivity index (χ3n) is 3.15. The first-order valence-corrected chi connectivity index (χ1v) is 6.37. The molecule has 2 rings (SSSR count). The Bertz CT molecular complexity index is 609. The van der Waals surface area contributed by atoms with Gasteiger partial charge in [0.1, 0.15) is 5.75 Å². The lowest BCUT2D eigenvalue weighted by molar-refractivity contribution is 0.108. The number of carbonyl (C=O) groups excluding carboxylic acids is 1. The number of benzene rings is 2. The van der Waals surface area contributed by atoms with Crippen LogP contribution in [-0.4, -0.2) is 12.4 Å². The molecule has 0 aliphatic heterocycles. The number of hydrogen-bond acceptors (Lipinski definition) is 2. The molecule has 2 nitrogen and oxygen atoms in total. The van der Waals surface area contributed by atoms with Crippen LogP contribution in [0.1, 0.15) is 21.5 Å². The van der Waals surface area contributed by atoms with Crippen LogP contribution >= 0.6 is 11.6 Å². The standard InChI is InChI=1S/C16H15ClO2/c1-10-8-12(19-3)9-11(2)15(10)13-6-4-5-7-14(13)16(17)18/h4-9H,1-3H3. The minimum Gasteiger partial charge on any atom is -0.497 e. The maximum Gasteiger partial charge on any atom is 0.253 e. The van der Waals surface area contributed by atoms with E-state index in [9.17, 15) is 4.79 Å². The van der Waals surface area contributed by atoms with Crippen LogP contribution in [0.2, 0.25) is 0 Å². The SMILES string of the molecule is COc1cc(C)c(-c2ccccc2C(=O)Cl)c(C)c1. The van der Waals surface area contributed by atoms with Gasteiger partial charge in [-0.15, -0.1) is 0 Å². The van der Waals surface area contributed by atoms with E-state index in [1.54, 1.807) is 13.2 Å². The Hall–Kier alpha value is -1.80. The Morgan fingerprint density at radius 1 is 1.11 bits per heavy atom. The van der Waals surface area contributed by atoms with Gasteiger partial charge in [-0.05, 0) is 65.9 Å². The molecule has 0 fully saturated rings. The summed E-state index contributed by atoms with van der Waals surface area (Å²) in [6.07, 6.45) is 0. The summed E-state index contributed by atoms with van der Waals surface area (Å²) in [5, 5.41) is -0.440. The highest BCUT2D eigenvalue weighted by molar-refractivity contribution is 6.68. The fourth-order valence-corrected chi connectivity index (χ4v) is 2.50. The Morgan fingerprint density at radius 3 is 2.21 bits per heavy atom. The van der Waals surface area contributed by atoms with Crippen molar-refractivity contribution in [2.24, 2.45) is 0 Å². The minimum atomic E-state index is -0.440. The van der Waals surface area contributed by atoms with Gasteiger partial charge >= 0.3 is 0 Å². The van der Waals surface area contributed by atoms with Crippen LogP contribution in [0, 0.1) is 13.8 Å². The first-order chi connectivity index (χ1) is 9.04. The van der Waals surface area contributed by atoms with E-state index in [1.807, 2.05) is 44.2 Å². The number of ether oxygens (including phenoxy) is 1. The molecule has 0 unspecified atom stereocenters. The Balaban J connectivity index is 2.69. The molecule has 0 N–H and O–H groups in total.